The van der Waals surface area contributed by atoms with Crippen molar-refractivity contribution in [2.24, 2.45) is 5.92 Å². The van der Waals surface area contributed by atoms with Gasteiger partial charge in [0.2, 0.25) is 0 Å². The summed E-state index contributed by atoms with van der Waals surface area (Å²) in [5.74, 6) is 1.93. The molecule has 3 nitrogen and oxygen atoms in total. The van der Waals surface area contributed by atoms with E-state index in [4.69, 9.17) is 4.98 Å². The third-order valence-electron chi connectivity index (χ3n) is 4.34. The topological polar surface area (TPSA) is 28.2 Å². The highest BCUT2D eigenvalue weighted by Crippen LogP contribution is 2.28. The zero-order valence-electron chi connectivity index (χ0n) is 12.7. The summed E-state index contributed by atoms with van der Waals surface area (Å²) in [5, 5.41) is 3.24. The predicted octanol–water partition coefficient (Wildman–Crippen LogP) is 2.99. The molecule has 1 aliphatic rings. The van der Waals surface area contributed by atoms with E-state index >= 15 is 0 Å². The number of hydrogen-bond donors (Lipinski definition) is 1. The Labute approximate surface area is 117 Å². The highest BCUT2D eigenvalue weighted by atomic mass is 15.2. The second-order valence-electron chi connectivity index (χ2n) is 5.76. The Morgan fingerprint density at radius 1 is 1.37 bits per heavy atom. The predicted molar refractivity (Wildman–Crippen MR) is 81.6 cm³/mol. The Balaban J connectivity index is 2.29. The van der Waals surface area contributed by atoms with Gasteiger partial charge in [0.05, 0.1) is 0 Å². The molecular formula is C16H27N3. The number of rotatable bonds is 4. The largest absolute Gasteiger partial charge is 0.354 e. The first-order valence-electron chi connectivity index (χ1n) is 7.56. The molecule has 0 spiro atoms. The number of nitrogens with zero attached hydrogens (tertiary/aromatic N) is 2. The van der Waals surface area contributed by atoms with Gasteiger partial charge in [-0.1, -0.05) is 13.8 Å². The number of aromatic nitrogens is 1. The van der Waals surface area contributed by atoms with Gasteiger partial charge in [-0.2, -0.15) is 0 Å². The molecule has 0 amide bonds. The maximum Gasteiger partial charge on any atom is 0.129 e. The first kappa shape index (κ1) is 14.3. The van der Waals surface area contributed by atoms with Crippen LogP contribution in [0.2, 0.25) is 0 Å². The van der Waals surface area contributed by atoms with Gasteiger partial charge in [0, 0.05) is 24.8 Å². The standard InChI is InChI=1S/C16H27N3/c1-5-15-9-14(11-17-4)10-16(18-15)19-8-6-7-12(2)13(19)3/h9-10,12-13,17H,5-8,11H2,1-4H3. The molecule has 2 heterocycles. The smallest absolute Gasteiger partial charge is 0.129 e. The molecule has 0 aliphatic carbocycles. The van der Waals surface area contributed by atoms with E-state index in [9.17, 15) is 0 Å². The monoisotopic (exact) mass is 261 g/mol. The van der Waals surface area contributed by atoms with Gasteiger partial charge in [0.25, 0.3) is 0 Å². The van der Waals surface area contributed by atoms with Gasteiger partial charge in [-0.05, 0) is 56.8 Å². The summed E-state index contributed by atoms with van der Waals surface area (Å²) in [6, 6.07) is 5.07. The number of pyridine rings is 1. The van der Waals surface area contributed by atoms with E-state index in [0.29, 0.717) is 6.04 Å². The molecule has 2 atom stereocenters. The minimum Gasteiger partial charge on any atom is -0.354 e. The maximum absolute atomic E-state index is 4.84. The molecule has 1 aliphatic heterocycles. The van der Waals surface area contributed by atoms with Crippen LogP contribution in [-0.4, -0.2) is 24.6 Å². The molecule has 0 saturated carbocycles. The van der Waals surface area contributed by atoms with E-state index in [1.54, 1.807) is 0 Å². The van der Waals surface area contributed by atoms with Crippen molar-refractivity contribution >= 4 is 5.82 Å². The van der Waals surface area contributed by atoms with Crippen LogP contribution in [0.1, 0.15) is 44.9 Å². The number of anilines is 1. The zero-order valence-corrected chi connectivity index (χ0v) is 12.7. The van der Waals surface area contributed by atoms with Gasteiger partial charge in [0.1, 0.15) is 5.82 Å². The second kappa shape index (κ2) is 6.38. The molecule has 1 saturated heterocycles. The van der Waals surface area contributed by atoms with Crippen molar-refractivity contribution in [3.63, 3.8) is 0 Å². The van der Waals surface area contributed by atoms with Crippen LogP contribution < -0.4 is 10.2 Å². The summed E-state index contributed by atoms with van der Waals surface area (Å²) < 4.78 is 0. The second-order valence-corrected chi connectivity index (χ2v) is 5.76. The number of nitrogens with one attached hydrogen (secondary N) is 1. The number of piperidine rings is 1. The van der Waals surface area contributed by atoms with E-state index < -0.39 is 0 Å². The lowest BCUT2D eigenvalue weighted by Gasteiger charge is -2.39. The minimum absolute atomic E-state index is 0.593. The lowest BCUT2D eigenvalue weighted by Crippen LogP contribution is -2.43. The van der Waals surface area contributed by atoms with Crippen LogP contribution in [0.4, 0.5) is 5.82 Å². The molecule has 2 rings (SSSR count). The molecule has 3 heteroatoms. The Morgan fingerprint density at radius 3 is 2.84 bits per heavy atom. The molecule has 0 bridgehead atoms. The Hall–Kier alpha value is -1.09. The molecule has 106 valence electrons. The van der Waals surface area contributed by atoms with Crippen molar-refractivity contribution < 1.29 is 0 Å². The normalized spacial score (nSPS) is 23.7. The van der Waals surface area contributed by atoms with Gasteiger partial charge in [-0.3, -0.25) is 0 Å². The molecular weight excluding hydrogens is 234 g/mol. The van der Waals surface area contributed by atoms with Crippen LogP contribution in [0.15, 0.2) is 12.1 Å². The van der Waals surface area contributed by atoms with Crippen LogP contribution in [-0.2, 0) is 13.0 Å². The fraction of sp³-hybridized carbons (Fsp3) is 0.688. The van der Waals surface area contributed by atoms with Gasteiger partial charge in [-0.15, -0.1) is 0 Å². The molecule has 2 unspecified atom stereocenters. The molecule has 1 aromatic rings. The van der Waals surface area contributed by atoms with Crippen LogP contribution >= 0.6 is 0 Å². The molecule has 19 heavy (non-hydrogen) atoms. The average molecular weight is 261 g/mol. The van der Waals surface area contributed by atoms with Gasteiger partial charge in [0.15, 0.2) is 0 Å². The van der Waals surface area contributed by atoms with Crippen molar-refractivity contribution in [3.8, 4) is 0 Å². The zero-order chi connectivity index (χ0) is 13.8. The summed E-state index contributed by atoms with van der Waals surface area (Å²) in [5.41, 5.74) is 2.54. The Morgan fingerprint density at radius 2 is 2.16 bits per heavy atom. The van der Waals surface area contributed by atoms with Crippen molar-refractivity contribution in [2.45, 2.75) is 52.6 Å². The van der Waals surface area contributed by atoms with E-state index in [1.165, 1.54) is 29.9 Å². The summed E-state index contributed by atoms with van der Waals surface area (Å²) in [6.45, 7) is 8.93. The fourth-order valence-electron chi connectivity index (χ4n) is 2.93. The average Bonchev–Trinajstić information content (AvgIpc) is 2.42. The van der Waals surface area contributed by atoms with Crippen molar-refractivity contribution in [1.29, 1.82) is 0 Å². The maximum atomic E-state index is 4.84. The Kier molecular flexibility index (Phi) is 4.81. The Bertz CT molecular complexity index is 416. The van der Waals surface area contributed by atoms with Crippen LogP contribution in [0, 0.1) is 5.92 Å². The first-order valence-corrected chi connectivity index (χ1v) is 7.56. The lowest BCUT2D eigenvalue weighted by molar-refractivity contribution is 0.361. The van der Waals surface area contributed by atoms with Crippen LogP contribution in [0.25, 0.3) is 0 Å². The van der Waals surface area contributed by atoms with Crippen molar-refractivity contribution in [3.05, 3.63) is 23.4 Å². The van der Waals surface area contributed by atoms with E-state index in [-0.39, 0.29) is 0 Å². The number of aryl methyl sites for hydroxylation is 1. The minimum atomic E-state index is 0.593. The van der Waals surface area contributed by atoms with E-state index in [2.05, 4.69) is 43.1 Å². The quantitative estimate of drug-likeness (QED) is 0.903. The molecule has 0 aromatic carbocycles. The highest BCUT2D eigenvalue weighted by molar-refractivity contribution is 5.44. The van der Waals surface area contributed by atoms with E-state index in [0.717, 1.165) is 25.4 Å². The van der Waals surface area contributed by atoms with Crippen LogP contribution in [0.5, 0.6) is 0 Å². The third kappa shape index (κ3) is 3.27. The van der Waals surface area contributed by atoms with E-state index in [1.807, 2.05) is 7.05 Å². The number of hydrogen-bond acceptors (Lipinski definition) is 3. The van der Waals surface area contributed by atoms with Crippen molar-refractivity contribution in [1.82, 2.24) is 10.3 Å². The summed E-state index contributed by atoms with van der Waals surface area (Å²) in [4.78, 5) is 7.33. The molecule has 1 N–H and O–H groups in total. The first-order chi connectivity index (χ1) is 9.15. The molecule has 1 aromatic heterocycles. The van der Waals surface area contributed by atoms with Gasteiger partial charge >= 0.3 is 0 Å². The molecule has 0 radical (unpaired) electrons. The van der Waals surface area contributed by atoms with Gasteiger partial charge in [-0.25, -0.2) is 4.98 Å². The third-order valence-corrected chi connectivity index (χ3v) is 4.34. The summed E-state index contributed by atoms with van der Waals surface area (Å²) in [7, 11) is 2.00. The van der Waals surface area contributed by atoms with Crippen molar-refractivity contribution in [2.75, 3.05) is 18.5 Å². The summed E-state index contributed by atoms with van der Waals surface area (Å²) in [6.07, 6.45) is 3.63. The van der Waals surface area contributed by atoms with Crippen LogP contribution in [0.3, 0.4) is 0 Å². The highest BCUT2D eigenvalue weighted by Gasteiger charge is 2.25. The molecule has 1 fully saturated rings. The SMILES string of the molecule is CCc1cc(CNC)cc(N2CCCC(C)C2C)n1. The van der Waals surface area contributed by atoms with Gasteiger partial charge < -0.3 is 10.2 Å². The summed E-state index contributed by atoms with van der Waals surface area (Å²) >= 11 is 0. The lowest BCUT2D eigenvalue weighted by atomic mass is 9.92. The fourth-order valence-corrected chi connectivity index (χ4v) is 2.93.